The van der Waals surface area contributed by atoms with E-state index >= 15 is 0 Å². The molecule has 0 saturated carbocycles. The maximum atomic E-state index is 12.6. The highest BCUT2D eigenvalue weighted by atomic mass is 35.5. The van der Waals surface area contributed by atoms with Crippen LogP contribution in [0.25, 0.3) is 0 Å². The minimum atomic E-state index is -0.558. The normalized spacial score (nSPS) is 19.6. The van der Waals surface area contributed by atoms with E-state index in [2.05, 4.69) is 6.92 Å². The van der Waals surface area contributed by atoms with Gasteiger partial charge in [-0.25, -0.2) is 4.79 Å². The molecule has 0 aliphatic carbocycles. The van der Waals surface area contributed by atoms with E-state index in [4.69, 9.17) is 16.3 Å². The van der Waals surface area contributed by atoms with Crippen molar-refractivity contribution < 1.29 is 14.3 Å². The van der Waals surface area contributed by atoms with Crippen molar-refractivity contribution in [3.8, 4) is 0 Å². The molecule has 1 aliphatic heterocycles. The molecule has 6 heteroatoms. The van der Waals surface area contributed by atoms with Crippen LogP contribution in [0.4, 0.5) is 10.5 Å². The minimum Gasteiger partial charge on any atom is -0.443 e. The Kier molecular flexibility index (Phi) is 5.38. The van der Waals surface area contributed by atoms with Gasteiger partial charge in [0.05, 0.1) is 5.69 Å². The number of hydrogen-bond acceptors (Lipinski definition) is 3. The van der Waals surface area contributed by atoms with Crippen molar-refractivity contribution in [1.82, 2.24) is 4.90 Å². The molecule has 2 amide bonds. The number of halogens is 1. The summed E-state index contributed by atoms with van der Waals surface area (Å²) in [6.45, 7) is 10.3. The number of amides is 2. The smallest absolute Gasteiger partial charge is 0.414 e. The molecule has 138 valence electrons. The van der Waals surface area contributed by atoms with Gasteiger partial charge in [-0.05, 0) is 51.0 Å². The second kappa shape index (κ2) is 6.87. The van der Waals surface area contributed by atoms with E-state index in [9.17, 15) is 9.59 Å². The van der Waals surface area contributed by atoms with E-state index in [1.54, 1.807) is 29.8 Å². The van der Waals surface area contributed by atoms with Crippen LogP contribution in [-0.4, -0.2) is 42.6 Å². The standard InChI is InChI=1S/C19H27ClN2O3/c1-13(23)21(6)10-9-19(5)12-22(17(24)25-18(2,3)4)16-8-7-14(20)11-15(16)19/h7-8,11H,9-10,12H2,1-6H3. The zero-order chi connectivity index (χ0) is 19.0. The Morgan fingerprint density at radius 2 is 2.00 bits per heavy atom. The fourth-order valence-electron chi connectivity index (χ4n) is 3.01. The summed E-state index contributed by atoms with van der Waals surface area (Å²) in [6.07, 6.45) is 0.370. The van der Waals surface area contributed by atoms with Crippen LogP contribution in [-0.2, 0) is 14.9 Å². The third kappa shape index (κ3) is 4.46. The van der Waals surface area contributed by atoms with Crippen LogP contribution in [0, 0.1) is 0 Å². The molecule has 1 heterocycles. The summed E-state index contributed by atoms with van der Waals surface area (Å²) in [6, 6.07) is 5.56. The van der Waals surface area contributed by atoms with Gasteiger partial charge in [0.1, 0.15) is 5.60 Å². The number of benzene rings is 1. The molecule has 1 unspecified atom stereocenters. The van der Waals surface area contributed by atoms with Crippen LogP contribution in [0.15, 0.2) is 18.2 Å². The fourth-order valence-corrected chi connectivity index (χ4v) is 3.18. The number of nitrogens with zero attached hydrogens (tertiary/aromatic N) is 2. The van der Waals surface area contributed by atoms with E-state index < -0.39 is 5.60 Å². The Bertz CT molecular complexity index is 684. The fraction of sp³-hybridized carbons (Fsp3) is 0.579. The maximum absolute atomic E-state index is 12.6. The summed E-state index contributed by atoms with van der Waals surface area (Å²) in [5.74, 6) is 0.0249. The first kappa shape index (κ1) is 19.6. The van der Waals surface area contributed by atoms with Crippen LogP contribution >= 0.6 is 11.6 Å². The Morgan fingerprint density at radius 3 is 2.56 bits per heavy atom. The van der Waals surface area contributed by atoms with Crippen molar-refractivity contribution in [3.63, 3.8) is 0 Å². The van der Waals surface area contributed by atoms with E-state index in [1.807, 2.05) is 32.9 Å². The Hall–Kier alpha value is -1.75. The lowest BCUT2D eigenvalue weighted by Gasteiger charge is -2.29. The first-order valence-electron chi connectivity index (χ1n) is 8.45. The number of fused-ring (bicyclic) bond motifs is 1. The topological polar surface area (TPSA) is 49.9 Å². The van der Waals surface area contributed by atoms with Crippen molar-refractivity contribution in [2.24, 2.45) is 0 Å². The summed E-state index contributed by atoms with van der Waals surface area (Å²) < 4.78 is 5.56. The van der Waals surface area contributed by atoms with E-state index in [0.717, 1.165) is 17.7 Å². The molecule has 25 heavy (non-hydrogen) atoms. The predicted octanol–water partition coefficient (Wildman–Crippen LogP) is 4.22. The highest BCUT2D eigenvalue weighted by Gasteiger charge is 2.42. The molecule has 2 rings (SSSR count). The van der Waals surface area contributed by atoms with E-state index in [-0.39, 0.29) is 17.4 Å². The van der Waals surface area contributed by atoms with E-state index in [1.165, 1.54) is 0 Å². The quantitative estimate of drug-likeness (QED) is 0.804. The van der Waals surface area contributed by atoms with Gasteiger partial charge in [-0.15, -0.1) is 0 Å². The summed E-state index contributed by atoms with van der Waals surface area (Å²) in [5.41, 5.74) is 0.993. The lowest BCUT2D eigenvalue weighted by Crippen LogP contribution is -2.40. The molecule has 0 aromatic heterocycles. The number of rotatable bonds is 3. The molecule has 0 saturated heterocycles. The first-order valence-corrected chi connectivity index (χ1v) is 8.83. The van der Waals surface area contributed by atoms with Crippen LogP contribution in [0.5, 0.6) is 0 Å². The Labute approximate surface area is 154 Å². The van der Waals surface area contributed by atoms with Crippen molar-refractivity contribution >= 4 is 29.3 Å². The molecule has 1 atom stereocenters. The van der Waals surface area contributed by atoms with Gasteiger partial charge in [0.25, 0.3) is 0 Å². The maximum Gasteiger partial charge on any atom is 0.414 e. The second-order valence-corrected chi connectivity index (χ2v) is 8.42. The molecule has 1 aromatic rings. The predicted molar refractivity (Wildman–Crippen MR) is 100 cm³/mol. The van der Waals surface area contributed by atoms with Crippen molar-refractivity contribution in [2.45, 2.75) is 52.1 Å². The molecule has 0 N–H and O–H groups in total. The average Bonchev–Trinajstić information content (AvgIpc) is 2.77. The minimum absolute atomic E-state index is 0.0249. The summed E-state index contributed by atoms with van der Waals surface area (Å²) in [5, 5.41) is 0.635. The molecule has 1 aliphatic rings. The summed E-state index contributed by atoms with van der Waals surface area (Å²) in [7, 11) is 1.78. The third-order valence-corrected chi connectivity index (χ3v) is 4.79. The zero-order valence-electron chi connectivity index (χ0n) is 15.9. The number of carbonyl (C=O) groups excluding carboxylic acids is 2. The molecule has 0 spiro atoms. The van der Waals surface area contributed by atoms with Gasteiger partial charge in [0.2, 0.25) is 5.91 Å². The second-order valence-electron chi connectivity index (χ2n) is 7.98. The zero-order valence-corrected chi connectivity index (χ0v) is 16.6. The monoisotopic (exact) mass is 366 g/mol. The first-order chi connectivity index (χ1) is 11.4. The number of hydrogen-bond donors (Lipinski definition) is 0. The summed E-state index contributed by atoms with van der Waals surface area (Å²) in [4.78, 5) is 27.5. The molecule has 0 bridgehead atoms. The number of ether oxygens (including phenoxy) is 1. The lowest BCUT2D eigenvalue weighted by molar-refractivity contribution is -0.127. The largest absolute Gasteiger partial charge is 0.443 e. The van der Waals surface area contributed by atoms with Gasteiger partial charge in [-0.3, -0.25) is 9.69 Å². The highest BCUT2D eigenvalue weighted by molar-refractivity contribution is 6.30. The van der Waals surface area contributed by atoms with Crippen LogP contribution < -0.4 is 4.90 Å². The average molecular weight is 367 g/mol. The van der Waals surface area contributed by atoms with Gasteiger partial charge in [-0.2, -0.15) is 0 Å². The van der Waals surface area contributed by atoms with Gasteiger partial charge in [0, 0.05) is 37.5 Å². The SMILES string of the molecule is CC(=O)N(C)CCC1(C)CN(C(=O)OC(C)(C)C)c2ccc(Cl)cc21. The highest BCUT2D eigenvalue weighted by Crippen LogP contribution is 2.44. The molecule has 0 fully saturated rings. The molecule has 1 aromatic carbocycles. The number of carbonyl (C=O) groups is 2. The molecule has 5 nitrogen and oxygen atoms in total. The van der Waals surface area contributed by atoms with E-state index in [0.29, 0.717) is 18.1 Å². The van der Waals surface area contributed by atoms with Crippen LogP contribution in [0.3, 0.4) is 0 Å². The molecular weight excluding hydrogens is 340 g/mol. The number of anilines is 1. The van der Waals surface area contributed by atoms with Gasteiger partial charge < -0.3 is 9.64 Å². The Balaban J connectivity index is 2.31. The molecular formula is C19H27ClN2O3. The van der Waals surface area contributed by atoms with Crippen LogP contribution in [0.1, 0.15) is 46.6 Å². The van der Waals surface area contributed by atoms with Crippen molar-refractivity contribution in [3.05, 3.63) is 28.8 Å². The van der Waals surface area contributed by atoms with Gasteiger partial charge in [-0.1, -0.05) is 18.5 Å². The summed E-state index contributed by atoms with van der Waals surface area (Å²) >= 11 is 6.20. The third-order valence-electron chi connectivity index (χ3n) is 4.56. The lowest BCUT2D eigenvalue weighted by atomic mass is 9.81. The molecule has 0 radical (unpaired) electrons. The van der Waals surface area contributed by atoms with Crippen molar-refractivity contribution in [1.29, 1.82) is 0 Å². The van der Waals surface area contributed by atoms with Gasteiger partial charge in [0.15, 0.2) is 0 Å². The Morgan fingerprint density at radius 1 is 1.36 bits per heavy atom. The van der Waals surface area contributed by atoms with Gasteiger partial charge >= 0.3 is 6.09 Å². The van der Waals surface area contributed by atoms with Crippen LogP contribution in [0.2, 0.25) is 5.02 Å². The van der Waals surface area contributed by atoms with Crippen molar-refractivity contribution in [2.75, 3.05) is 25.0 Å².